The Bertz CT molecular complexity index is 714. The third kappa shape index (κ3) is 2.54. The molecule has 2 aromatic heterocycles. The quantitative estimate of drug-likeness (QED) is 0.778. The van der Waals surface area contributed by atoms with Crippen LogP contribution in [0, 0.1) is 5.82 Å². The molecule has 100 valence electrons. The van der Waals surface area contributed by atoms with E-state index in [1.807, 2.05) is 34.9 Å². The van der Waals surface area contributed by atoms with Crippen LogP contribution in [0.3, 0.4) is 0 Å². The maximum absolute atomic E-state index is 12.8. The minimum absolute atomic E-state index is 0.141. The lowest BCUT2D eigenvalue weighted by Gasteiger charge is -2.03. The summed E-state index contributed by atoms with van der Waals surface area (Å²) in [6.07, 6.45) is 3.68. The van der Waals surface area contributed by atoms with E-state index in [9.17, 15) is 9.18 Å². The minimum Gasteiger partial charge on any atom is -0.348 e. The van der Waals surface area contributed by atoms with Crippen LogP contribution in [-0.4, -0.2) is 10.3 Å². The van der Waals surface area contributed by atoms with E-state index in [4.69, 9.17) is 0 Å². The van der Waals surface area contributed by atoms with Gasteiger partial charge in [0.2, 0.25) is 0 Å². The summed E-state index contributed by atoms with van der Waals surface area (Å²) in [5.41, 5.74) is 2.45. The minimum atomic E-state index is -0.279. The van der Waals surface area contributed by atoms with E-state index in [-0.39, 0.29) is 11.7 Å². The van der Waals surface area contributed by atoms with Crippen LogP contribution in [-0.2, 0) is 6.54 Å². The van der Waals surface area contributed by atoms with Crippen molar-refractivity contribution < 1.29 is 9.18 Å². The van der Waals surface area contributed by atoms with Gasteiger partial charge in [0.25, 0.3) is 5.91 Å². The van der Waals surface area contributed by atoms with Crippen LogP contribution in [0.1, 0.15) is 15.9 Å². The van der Waals surface area contributed by atoms with Crippen molar-refractivity contribution in [3.63, 3.8) is 0 Å². The molecule has 0 aliphatic carbocycles. The molecule has 1 N–H and O–H groups in total. The predicted molar refractivity (Wildman–Crippen MR) is 75.0 cm³/mol. The molecule has 20 heavy (non-hydrogen) atoms. The zero-order valence-corrected chi connectivity index (χ0v) is 10.7. The highest BCUT2D eigenvalue weighted by atomic mass is 19.1. The molecule has 0 aliphatic rings. The number of benzene rings is 1. The maximum Gasteiger partial charge on any atom is 0.253 e. The van der Waals surface area contributed by atoms with Gasteiger partial charge < -0.3 is 9.72 Å². The molecule has 2 heterocycles. The zero-order chi connectivity index (χ0) is 13.9. The SMILES string of the molecule is O=C(NCc1ccc(F)cc1)c1cc2ccccn2c1. The van der Waals surface area contributed by atoms with Crippen LogP contribution >= 0.6 is 0 Å². The van der Waals surface area contributed by atoms with E-state index in [0.717, 1.165) is 11.1 Å². The van der Waals surface area contributed by atoms with Crippen molar-refractivity contribution in [1.82, 2.24) is 9.72 Å². The molecule has 0 atom stereocenters. The van der Waals surface area contributed by atoms with Gasteiger partial charge in [-0.25, -0.2) is 4.39 Å². The summed E-state index contributed by atoms with van der Waals surface area (Å²) >= 11 is 0. The number of rotatable bonds is 3. The first-order valence-corrected chi connectivity index (χ1v) is 6.32. The number of hydrogen-bond donors (Lipinski definition) is 1. The first-order valence-electron chi connectivity index (χ1n) is 6.32. The molecule has 0 saturated carbocycles. The van der Waals surface area contributed by atoms with Crippen molar-refractivity contribution in [3.8, 4) is 0 Å². The molecule has 3 rings (SSSR count). The van der Waals surface area contributed by atoms with Gasteiger partial charge in [0, 0.05) is 24.5 Å². The highest BCUT2D eigenvalue weighted by molar-refractivity contribution is 5.95. The highest BCUT2D eigenvalue weighted by Crippen LogP contribution is 2.10. The van der Waals surface area contributed by atoms with Crippen LogP contribution in [0.15, 0.2) is 60.9 Å². The molecule has 0 unspecified atom stereocenters. The van der Waals surface area contributed by atoms with E-state index < -0.39 is 0 Å². The van der Waals surface area contributed by atoms with E-state index >= 15 is 0 Å². The Morgan fingerprint density at radius 3 is 2.70 bits per heavy atom. The molecule has 0 radical (unpaired) electrons. The molecule has 3 nitrogen and oxygen atoms in total. The summed E-state index contributed by atoms with van der Waals surface area (Å²) in [5.74, 6) is -0.420. The van der Waals surface area contributed by atoms with Crippen molar-refractivity contribution >= 4 is 11.4 Å². The second-order valence-corrected chi connectivity index (χ2v) is 4.57. The summed E-state index contributed by atoms with van der Waals surface area (Å²) in [5, 5.41) is 2.82. The lowest BCUT2D eigenvalue weighted by atomic mass is 10.2. The number of carbonyl (C=O) groups excluding carboxylic acids is 1. The Labute approximate surface area is 115 Å². The number of amides is 1. The molecular formula is C16H13FN2O. The van der Waals surface area contributed by atoms with Crippen molar-refractivity contribution in [2.45, 2.75) is 6.54 Å². The van der Waals surface area contributed by atoms with Gasteiger partial charge in [-0.1, -0.05) is 18.2 Å². The Morgan fingerprint density at radius 2 is 1.95 bits per heavy atom. The van der Waals surface area contributed by atoms with Gasteiger partial charge in [0.1, 0.15) is 5.82 Å². The third-order valence-corrected chi connectivity index (χ3v) is 3.13. The number of nitrogens with zero attached hydrogens (tertiary/aromatic N) is 1. The maximum atomic E-state index is 12.8. The van der Waals surface area contributed by atoms with Gasteiger partial charge in [-0.15, -0.1) is 0 Å². The monoisotopic (exact) mass is 268 g/mol. The van der Waals surface area contributed by atoms with Crippen molar-refractivity contribution in [3.05, 3.63) is 77.9 Å². The Hall–Kier alpha value is -2.62. The summed E-state index contributed by atoms with van der Waals surface area (Å²) < 4.78 is 14.7. The molecule has 0 spiro atoms. The smallest absolute Gasteiger partial charge is 0.253 e. The largest absolute Gasteiger partial charge is 0.348 e. The second-order valence-electron chi connectivity index (χ2n) is 4.57. The molecule has 0 aliphatic heterocycles. The van der Waals surface area contributed by atoms with Crippen LogP contribution in [0.4, 0.5) is 4.39 Å². The first-order chi connectivity index (χ1) is 9.72. The lowest BCUT2D eigenvalue weighted by molar-refractivity contribution is 0.0951. The molecule has 0 bridgehead atoms. The lowest BCUT2D eigenvalue weighted by Crippen LogP contribution is -2.22. The fourth-order valence-electron chi connectivity index (χ4n) is 2.07. The van der Waals surface area contributed by atoms with Crippen molar-refractivity contribution in [1.29, 1.82) is 0 Å². The fourth-order valence-corrected chi connectivity index (χ4v) is 2.07. The third-order valence-electron chi connectivity index (χ3n) is 3.13. The predicted octanol–water partition coefficient (Wildman–Crippen LogP) is 3.01. The summed E-state index contributed by atoms with van der Waals surface area (Å²) in [6.45, 7) is 0.380. The van der Waals surface area contributed by atoms with Gasteiger partial charge >= 0.3 is 0 Å². The first kappa shape index (κ1) is 12.4. The standard InChI is InChI=1S/C16H13FN2O/c17-14-6-4-12(5-7-14)10-18-16(20)13-9-15-3-1-2-8-19(15)11-13/h1-9,11H,10H2,(H,18,20). The molecule has 1 amide bonds. The Balaban J connectivity index is 1.71. The zero-order valence-electron chi connectivity index (χ0n) is 10.7. The average molecular weight is 268 g/mol. The molecule has 4 heteroatoms. The molecule has 0 fully saturated rings. The van der Waals surface area contributed by atoms with Crippen LogP contribution in [0.25, 0.3) is 5.52 Å². The molecule has 3 aromatic rings. The fraction of sp³-hybridized carbons (Fsp3) is 0.0625. The normalized spacial score (nSPS) is 10.7. The molecule has 1 aromatic carbocycles. The number of fused-ring (bicyclic) bond motifs is 1. The Morgan fingerprint density at radius 1 is 1.15 bits per heavy atom. The highest BCUT2D eigenvalue weighted by Gasteiger charge is 2.08. The summed E-state index contributed by atoms with van der Waals surface area (Å²) in [7, 11) is 0. The van der Waals surface area contributed by atoms with Crippen molar-refractivity contribution in [2.75, 3.05) is 0 Å². The average Bonchev–Trinajstić information content (AvgIpc) is 2.90. The van der Waals surface area contributed by atoms with E-state index in [0.29, 0.717) is 12.1 Å². The number of carbonyl (C=O) groups is 1. The van der Waals surface area contributed by atoms with E-state index in [1.165, 1.54) is 12.1 Å². The topological polar surface area (TPSA) is 33.5 Å². The van der Waals surface area contributed by atoms with Gasteiger partial charge in [-0.2, -0.15) is 0 Å². The van der Waals surface area contributed by atoms with Crippen LogP contribution in [0.5, 0.6) is 0 Å². The van der Waals surface area contributed by atoms with Gasteiger partial charge in [0.15, 0.2) is 0 Å². The van der Waals surface area contributed by atoms with Gasteiger partial charge in [0.05, 0.1) is 5.56 Å². The van der Waals surface area contributed by atoms with Gasteiger partial charge in [-0.05, 0) is 35.9 Å². The van der Waals surface area contributed by atoms with E-state index in [2.05, 4.69) is 5.32 Å². The molecule has 0 saturated heterocycles. The van der Waals surface area contributed by atoms with Gasteiger partial charge in [-0.3, -0.25) is 4.79 Å². The van der Waals surface area contributed by atoms with Crippen LogP contribution < -0.4 is 5.32 Å². The van der Waals surface area contributed by atoms with Crippen molar-refractivity contribution in [2.24, 2.45) is 0 Å². The Kier molecular flexibility index (Phi) is 3.21. The second kappa shape index (κ2) is 5.17. The summed E-state index contributed by atoms with van der Waals surface area (Å²) in [4.78, 5) is 12.1. The number of hydrogen-bond acceptors (Lipinski definition) is 1. The molecular weight excluding hydrogens is 255 g/mol. The number of aromatic nitrogens is 1. The summed E-state index contributed by atoms with van der Waals surface area (Å²) in [6, 6.07) is 13.7. The number of halogens is 1. The number of nitrogens with one attached hydrogen (secondary N) is 1. The van der Waals surface area contributed by atoms with E-state index in [1.54, 1.807) is 18.3 Å². The number of pyridine rings is 1. The van der Waals surface area contributed by atoms with Crippen LogP contribution in [0.2, 0.25) is 0 Å².